The molecule has 0 aliphatic carbocycles. The summed E-state index contributed by atoms with van der Waals surface area (Å²) in [6.45, 7) is 4.08. The smallest absolute Gasteiger partial charge is 0.277 e. The maximum atomic E-state index is 12.3. The van der Waals surface area contributed by atoms with Crippen LogP contribution in [-0.2, 0) is 4.84 Å². The molecule has 1 N–H and O–H groups in total. The first-order valence-corrected chi connectivity index (χ1v) is 7.56. The van der Waals surface area contributed by atoms with Gasteiger partial charge in [0.05, 0.1) is 7.11 Å². The van der Waals surface area contributed by atoms with Crippen molar-refractivity contribution in [3.8, 4) is 0 Å². The van der Waals surface area contributed by atoms with Gasteiger partial charge in [-0.3, -0.25) is 9.63 Å². The van der Waals surface area contributed by atoms with Crippen molar-refractivity contribution in [3.63, 3.8) is 0 Å². The van der Waals surface area contributed by atoms with E-state index in [0.717, 1.165) is 23.4 Å². The third-order valence-electron chi connectivity index (χ3n) is 4.20. The van der Waals surface area contributed by atoms with E-state index in [0.29, 0.717) is 5.56 Å². The first-order chi connectivity index (χ1) is 11.1. The van der Waals surface area contributed by atoms with Crippen molar-refractivity contribution >= 4 is 11.6 Å². The zero-order valence-corrected chi connectivity index (χ0v) is 13.4. The summed E-state index contributed by atoms with van der Waals surface area (Å²) < 4.78 is 0. The summed E-state index contributed by atoms with van der Waals surface area (Å²) in [4.78, 5) is 17.3. The van der Waals surface area contributed by atoms with Gasteiger partial charge in [0.25, 0.3) is 5.91 Å². The van der Waals surface area contributed by atoms with E-state index in [9.17, 15) is 4.79 Å². The summed E-state index contributed by atoms with van der Waals surface area (Å²) in [5, 5.41) is 4.55. The van der Waals surface area contributed by atoms with Crippen LogP contribution < -0.4 is 5.32 Å². The summed E-state index contributed by atoms with van der Waals surface area (Å²) in [6, 6.07) is 16.0. The highest BCUT2D eigenvalue weighted by Crippen LogP contribution is 2.40. The SMILES string of the molecule is C=C1CC(c2ccccc2)c2cc(C(=O)N(C)OC)ccc2N1. The second-order valence-electron chi connectivity index (χ2n) is 5.68. The Morgan fingerprint density at radius 2 is 2.00 bits per heavy atom. The van der Waals surface area contributed by atoms with Crippen molar-refractivity contribution in [2.24, 2.45) is 0 Å². The van der Waals surface area contributed by atoms with Crippen LogP contribution in [0.5, 0.6) is 0 Å². The molecule has 1 heterocycles. The van der Waals surface area contributed by atoms with Gasteiger partial charge in [-0.25, -0.2) is 5.06 Å². The number of hydrogen-bond acceptors (Lipinski definition) is 3. The van der Waals surface area contributed by atoms with E-state index in [1.165, 1.54) is 17.7 Å². The number of benzene rings is 2. The zero-order valence-electron chi connectivity index (χ0n) is 13.4. The van der Waals surface area contributed by atoms with Gasteiger partial charge in [0.2, 0.25) is 0 Å². The summed E-state index contributed by atoms with van der Waals surface area (Å²) in [7, 11) is 3.09. The van der Waals surface area contributed by atoms with E-state index < -0.39 is 0 Å². The Bertz CT molecular complexity index is 740. The van der Waals surface area contributed by atoms with E-state index in [1.807, 2.05) is 36.4 Å². The minimum absolute atomic E-state index is 0.161. The normalized spacial score (nSPS) is 16.4. The van der Waals surface area contributed by atoms with Crippen LogP contribution in [0.15, 0.2) is 60.8 Å². The third kappa shape index (κ3) is 2.98. The molecule has 0 saturated carbocycles. The lowest BCUT2D eigenvalue weighted by molar-refractivity contribution is -0.0757. The van der Waals surface area contributed by atoms with Gasteiger partial charge in [-0.05, 0) is 35.7 Å². The number of nitrogens with zero attached hydrogens (tertiary/aromatic N) is 1. The first kappa shape index (κ1) is 15.3. The Labute approximate surface area is 136 Å². The molecule has 2 aromatic carbocycles. The summed E-state index contributed by atoms with van der Waals surface area (Å²) in [5.41, 5.74) is 4.94. The molecule has 0 spiro atoms. The largest absolute Gasteiger partial charge is 0.359 e. The number of fused-ring (bicyclic) bond motifs is 1. The Kier molecular flexibility index (Phi) is 4.17. The quantitative estimate of drug-likeness (QED) is 0.877. The summed E-state index contributed by atoms with van der Waals surface area (Å²) in [5.74, 6) is 0.0343. The van der Waals surface area contributed by atoms with E-state index in [4.69, 9.17) is 4.84 Å². The molecule has 23 heavy (non-hydrogen) atoms. The van der Waals surface area contributed by atoms with Crippen molar-refractivity contribution in [1.82, 2.24) is 5.06 Å². The molecule has 0 radical (unpaired) electrons. The number of carbonyl (C=O) groups is 1. The van der Waals surface area contributed by atoms with E-state index in [1.54, 1.807) is 7.05 Å². The number of amides is 1. The Morgan fingerprint density at radius 3 is 2.70 bits per heavy atom. The predicted octanol–water partition coefficient (Wildman–Crippen LogP) is 3.78. The fraction of sp³-hybridized carbons (Fsp3) is 0.211. The molecule has 2 aromatic rings. The molecule has 0 bridgehead atoms. The number of hydroxylamine groups is 2. The van der Waals surface area contributed by atoms with Crippen molar-refractivity contribution in [1.29, 1.82) is 0 Å². The molecule has 1 unspecified atom stereocenters. The van der Waals surface area contributed by atoms with E-state index in [2.05, 4.69) is 24.0 Å². The lowest BCUT2D eigenvalue weighted by Crippen LogP contribution is -2.26. The average molecular weight is 308 g/mol. The van der Waals surface area contributed by atoms with Gasteiger partial charge in [0, 0.05) is 29.9 Å². The van der Waals surface area contributed by atoms with Crippen LogP contribution in [0.3, 0.4) is 0 Å². The van der Waals surface area contributed by atoms with Crippen molar-refractivity contribution in [3.05, 3.63) is 77.5 Å². The highest BCUT2D eigenvalue weighted by atomic mass is 16.7. The average Bonchev–Trinajstić information content (AvgIpc) is 2.60. The monoisotopic (exact) mass is 308 g/mol. The summed E-state index contributed by atoms with van der Waals surface area (Å²) in [6.07, 6.45) is 0.814. The Morgan fingerprint density at radius 1 is 1.26 bits per heavy atom. The Hall–Kier alpha value is -2.59. The van der Waals surface area contributed by atoms with Crippen LogP contribution in [0.4, 0.5) is 5.69 Å². The van der Waals surface area contributed by atoms with Crippen LogP contribution in [-0.4, -0.2) is 25.1 Å². The number of nitrogens with one attached hydrogen (secondary N) is 1. The molecule has 1 aliphatic rings. The van der Waals surface area contributed by atoms with Gasteiger partial charge in [-0.2, -0.15) is 0 Å². The lowest BCUT2D eigenvalue weighted by Gasteiger charge is -2.29. The molecule has 4 nitrogen and oxygen atoms in total. The molecule has 118 valence electrons. The number of hydrogen-bond donors (Lipinski definition) is 1. The van der Waals surface area contributed by atoms with E-state index >= 15 is 0 Å². The van der Waals surface area contributed by atoms with Crippen LogP contribution in [0.2, 0.25) is 0 Å². The number of anilines is 1. The topological polar surface area (TPSA) is 41.6 Å². The van der Waals surface area contributed by atoms with Gasteiger partial charge in [-0.15, -0.1) is 0 Å². The molecule has 0 saturated heterocycles. The molecular formula is C19H20N2O2. The molecule has 3 rings (SSSR count). The number of allylic oxidation sites excluding steroid dienone is 1. The van der Waals surface area contributed by atoms with Gasteiger partial charge in [0.15, 0.2) is 0 Å². The van der Waals surface area contributed by atoms with Crippen molar-refractivity contribution in [2.45, 2.75) is 12.3 Å². The van der Waals surface area contributed by atoms with Crippen molar-refractivity contribution in [2.75, 3.05) is 19.5 Å². The van der Waals surface area contributed by atoms with Crippen LogP contribution in [0.1, 0.15) is 33.8 Å². The maximum absolute atomic E-state index is 12.3. The number of rotatable bonds is 3. The van der Waals surface area contributed by atoms with Crippen LogP contribution >= 0.6 is 0 Å². The lowest BCUT2D eigenvalue weighted by atomic mass is 9.83. The fourth-order valence-electron chi connectivity index (χ4n) is 2.94. The third-order valence-corrected chi connectivity index (χ3v) is 4.20. The maximum Gasteiger partial charge on any atom is 0.277 e. The van der Waals surface area contributed by atoms with Gasteiger partial charge >= 0.3 is 0 Å². The second kappa shape index (κ2) is 6.26. The standard InChI is InChI=1S/C19H20N2O2/c1-13-11-16(14-7-5-4-6-8-14)17-12-15(9-10-18(17)20-13)19(22)21(2)23-3/h4-10,12,16,20H,1,11H2,2-3H3. The van der Waals surface area contributed by atoms with Crippen LogP contribution in [0.25, 0.3) is 0 Å². The van der Waals surface area contributed by atoms with E-state index in [-0.39, 0.29) is 11.8 Å². The van der Waals surface area contributed by atoms with Gasteiger partial charge in [-0.1, -0.05) is 36.9 Å². The molecular weight excluding hydrogens is 288 g/mol. The van der Waals surface area contributed by atoms with Gasteiger partial charge in [0.1, 0.15) is 0 Å². The highest BCUT2D eigenvalue weighted by Gasteiger charge is 2.25. The second-order valence-corrected chi connectivity index (χ2v) is 5.68. The molecule has 0 aromatic heterocycles. The molecule has 1 amide bonds. The predicted molar refractivity (Wildman–Crippen MR) is 91.2 cm³/mol. The molecule has 1 atom stereocenters. The van der Waals surface area contributed by atoms with Crippen LogP contribution in [0, 0.1) is 0 Å². The number of carbonyl (C=O) groups excluding carboxylic acids is 1. The molecule has 1 aliphatic heterocycles. The zero-order chi connectivity index (χ0) is 16.4. The highest BCUT2D eigenvalue weighted by molar-refractivity contribution is 5.94. The fourth-order valence-corrected chi connectivity index (χ4v) is 2.94. The molecule has 0 fully saturated rings. The summed E-state index contributed by atoms with van der Waals surface area (Å²) >= 11 is 0. The molecule has 4 heteroatoms. The van der Waals surface area contributed by atoms with Gasteiger partial charge < -0.3 is 5.32 Å². The first-order valence-electron chi connectivity index (χ1n) is 7.56. The van der Waals surface area contributed by atoms with Crippen molar-refractivity contribution < 1.29 is 9.63 Å². The minimum Gasteiger partial charge on any atom is -0.359 e. The Balaban J connectivity index is 2.04. The minimum atomic E-state index is -0.161.